The van der Waals surface area contributed by atoms with Crippen LogP contribution in [0.1, 0.15) is 12.5 Å². The van der Waals surface area contributed by atoms with Crippen molar-refractivity contribution in [2.24, 2.45) is 0 Å². The van der Waals surface area contributed by atoms with E-state index in [-0.39, 0.29) is 5.91 Å². The molecule has 2 aromatic rings. The zero-order chi connectivity index (χ0) is 18.4. The van der Waals surface area contributed by atoms with Crippen LogP contribution in [0.15, 0.2) is 54.6 Å². The zero-order valence-corrected chi connectivity index (χ0v) is 15.2. The van der Waals surface area contributed by atoms with E-state index in [0.717, 1.165) is 41.4 Å². The largest absolute Gasteiger partial charge is 0.497 e. The number of para-hydroxylation sites is 2. The van der Waals surface area contributed by atoms with E-state index in [1.54, 1.807) is 13.2 Å². The molecule has 0 radical (unpaired) electrons. The maximum absolute atomic E-state index is 12.5. The third-order valence-electron chi connectivity index (χ3n) is 4.41. The number of anilines is 2. The lowest BCUT2D eigenvalue weighted by Gasteiger charge is -2.30. The average molecular weight is 352 g/mol. The molecule has 0 unspecified atom stereocenters. The number of nitrogens with one attached hydrogen (secondary N) is 1. The number of ether oxygens (including phenoxy) is 2. The summed E-state index contributed by atoms with van der Waals surface area (Å²) >= 11 is 0. The van der Waals surface area contributed by atoms with Gasteiger partial charge in [0.25, 0.3) is 0 Å². The molecule has 5 heteroatoms. The first-order valence-corrected chi connectivity index (χ1v) is 8.73. The Morgan fingerprint density at radius 1 is 1.12 bits per heavy atom. The molecule has 1 aliphatic rings. The van der Waals surface area contributed by atoms with Crippen LogP contribution in [0.4, 0.5) is 11.4 Å². The highest BCUT2D eigenvalue weighted by Gasteiger charge is 2.15. The predicted molar refractivity (Wildman–Crippen MR) is 105 cm³/mol. The van der Waals surface area contributed by atoms with Crippen LogP contribution in [0.25, 0.3) is 5.57 Å². The van der Waals surface area contributed by atoms with E-state index in [4.69, 9.17) is 9.47 Å². The zero-order valence-electron chi connectivity index (χ0n) is 15.2. The Balaban J connectivity index is 1.73. The minimum absolute atomic E-state index is 0.140. The molecular weight excluding hydrogens is 328 g/mol. The van der Waals surface area contributed by atoms with Crippen molar-refractivity contribution in [3.05, 3.63) is 60.2 Å². The highest BCUT2D eigenvalue weighted by Crippen LogP contribution is 2.26. The normalized spacial score (nSPS) is 14.8. The maximum Gasteiger partial charge on any atom is 0.248 e. The average Bonchev–Trinajstić information content (AvgIpc) is 2.69. The standard InChI is InChI=1S/C21H24N2O3/c1-16(17-7-9-18(25-2)10-8-17)15-21(24)22-19-5-3-4-6-20(19)23-11-13-26-14-12-23/h3-10,15H,11-14H2,1-2H3,(H,22,24)/b16-15+. The first-order chi connectivity index (χ1) is 12.7. The van der Waals surface area contributed by atoms with Crippen LogP contribution in [-0.2, 0) is 9.53 Å². The summed E-state index contributed by atoms with van der Waals surface area (Å²) < 4.78 is 10.6. The summed E-state index contributed by atoms with van der Waals surface area (Å²) in [6.45, 7) is 4.99. The molecule has 3 rings (SSSR count). The third-order valence-corrected chi connectivity index (χ3v) is 4.41. The Morgan fingerprint density at radius 2 is 1.81 bits per heavy atom. The number of carbonyl (C=O) groups excluding carboxylic acids is 1. The van der Waals surface area contributed by atoms with Gasteiger partial charge in [0, 0.05) is 19.2 Å². The minimum atomic E-state index is -0.140. The molecule has 1 aliphatic heterocycles. The van der Waals surface area contributed by atoms with Gasteiger partial charge < -0.3 is 19.7 Å². The van der Waals surface area contributed by atoms with Crippen LogP contribution in [0, 0.1) is 0 Å². The van der Waals surface area contributed by atoms with E-state index < -0.39 is 0 Å². The number of nitrogens with zero attached hydrogens (tertiary/aromatic N) is 1. The number of amides is 1. The van der Waals surface area contributed by atoms with Crippen LogP contribution in [0.5, 0.6) is 5.75 Å². The molecule has 0 bridgehead atoms. The molecule has 1 N–H and O–H groups in total. The molecule has 0 atom stereocenters. The summed E-state index contributed by atoms with van der Waals surface area (Å²) in [5, 5.41) is 3.01. The van der Waals surface area contributed by atoms with Crippen molar-refractivity contribution in [2.75, 3.05) is 43.6 Å². The fourth-order valence-electron chi connectivity index (χ4n) is 2.96. The van der Waals surface area contributed by atoms with Gasteiger partial charge in [0.05, 0.1) is 31.7 Å². The van der Waals surface area contributed by atoms with Crippen molar-refractivity contribution >= 4 is 22.9 Å². The van der Waals surface area contributed by atoms with Gasteiger partial charge in [0.15, 0.2) is 0 Å². The molecule has 0 aliphatic carbocycles. The minimum Gasteiger partial charge on any atom is -0.497 e. The number of allylic oxidation sites excluding steroid dienone is 1. The number of morpholine rings is 1. The summed E-state index contributed by atoms with van der Waals surface area (Å²) in [4.78, 5) is 14.7. The molecular formula is C21H24N2O3. The number of rotatable bonds is 5. The second-order valence-electron chi connectivity index (χ2n) is 6.16. The monoisotopic (exact) mass is 352 g/mol. The molecule has 1 fully saturated rings. The van der Waals surface area contributed by atoms with Crippen LogP contribution in [-0.4, -0.2) is 39.3 Å². The smallest absolute Gasteiger partial charge is 0.248 e. The maximum atomic E-state index is 12.5. The topological polar surface area (TPSA) is 50.8 Å². The second-order valence-corrected chi connectivity index (χ2v) is 6.16. The lowest BCUT2D eigenvalue weighted by molar-refractivity contribution is -0.111. The lowest BCUT2D eigenvalue weighted by atomic mass is 10.1. The molecule has 1 heterocycles. The Kier molecular flexibility index (Phi) is 5.92. The first-order valence-electron chi connectivity index (χ1n) is 8.73. The van der Waals surface area contributed by atoms with Crippen LogP contribution >= 0.6 is 0 Å². The van der Waals surface area contributed by atoms with E-state index >= 15 is 0 Å². The van der Waals surface area contributed by atoms with Gasteiger partial charge in [-0.2, -0.15) is 0 Å². The molecule has 1 amide bonds. The quantitative estimate of drug-likeness (QED) is 0.836. The Morgan fingerprint density at radius 3 is 2.50 bits per heavy atom. The van der Waals surface area contributed by atoms with E-state index in [9.17, 15) is 4.79 Å². The van der Waals surface area contributed by atoms with Crippen LogP contribution in [0.3, 0.4) is 0 Å². The van der Waals surface area contributed by atoms with Gasteiger partial charge >= 0.3 is 0 Å². The van der Waals surface area contributed by atoms with Gasteiger partial charge in [-0.25, -0.2) is 0 Å². The van der Waals surface area contributed by atoms with E-state index in [0.29, 0.717) is 13.2 Å². The highest BCUT2D eigenvalue weighted by molar-refractivity contribution is 6.05. The summed E-state index contributed by atoms with van der Waals surface area (Å²) in [5.41, 5.74) is 3.73. The Labute approximate surface area is 154 Å². The van der Waals surface area contributed by atoms with Gasteiger partial charge in [-0.3, -0.25) is 4.79 Å². The van der Waals surface area contributed by atoms with Crippen molar-refractivity contribution in [3.63, 3.8) is 0 Å². The van der Waals surface area contributed by atoms with Crippen molar-refractivity contribution in [1.82, 2.24) is 0 Å². The molecule has 1 saturated heterocycles. The fourth-order valence-corrected chi connectivity index (χ4v) is 2.96. The van der Waals surface area contributed by atoms with E-state index in [1.165, 1.54) is 0 Å². The number of hydrogen-bond donors (Lipinski definition) is 1. The summed E-state index contributed by atoms with van der Waals surface area (Å²) in [6.07, 6.45) is 1.62. The molecule has 0 spiro atoms. The second kappa shape index (κ2) is 8.54. The van der Waals surface area contributed by atoms with Crippen molar-refractivity contribution in [2.45, 2.75) is 6.92 Å². The summed E-state index contributed by atoms with van der Waals surface area (Å²) in [7, 11) is 1.64. The molecule has 26 heavy (non-hydrogen) atoms. The Hall–Kier alpha value is -2.79. The van der Waals surface area contributed by atoms with Gasteiger partial charge in [-0.15, -0.1) is 0 Å². The summed E-state index contributed by atoms with van der Waals surface area (Å²) in [6, 6.07) is 15.5. The van der Waals surface area contributed by atoms with Crippen LogP contribution in [0.2, 0.25) is 0 Å². The first kappa shape index (κ1) is 18.0. The Bertz CT molecular complexity index is 778. The van der Waals surface area contributed by atoms with Gasteiger partial charge in [-0.1, -0.05) is 24.3 Å². The highest BCUT2D eigenvalue weighted by atomic mass is 16.5. The predicted octanol–water partition coefficient (Wildman–Crippen LogP) is 3.57. The molecule has 136 valence electrons. The van der Waals surface area contributed by atoms with Crippen LogP contribution < -0.4 is 15.0 Å². The van der Waals surface area contributed by atoms with E-state index in [1.807, 2.05) is 55.5 Å². The van der Waals surface area contributed by atoms with Gasteiger partial charge in [0.1, 0.15) is 5.75 Å². The van der Waals surface area contributed by atoms with Crippen molar-refractivity contribution in [1.29, 1.82) is 0 Å². The van der Waals surface area contributed by atoms with Gasteiger partial charge in [-0.05, 0) is 42.3 Å². The third kappa shape index (κ3) is 4.43. The van der Waals surface area contributed by atoms with Gasteiger partial charge in [0.2, 0.25) is 5.91 Å². The molecule has 0 aromatic heterocycles. The number of benzene rings is 2. The lowest BCUT2D eigenvalue weighted by Crippen LogP contribution is -2.36. The van der Waals surface area contributed by atoms with Crippen molar-refractivity contribution < 1.29 is 14.3 Å². The number of methoxy groups -OCH3 is 1. The number of carbonyl (C=O) groups is 1. The van der Waals surface area contributed by atoms with E-state index in [2.05, 4.69) is 10.2 Å². The molecule has 0 saturated carbocycles. The molecule has 5 nitrogen and oxygen atoms in total. The molecule has 2 aromatic carbocycles. The summed E-state index contributed by atoms with van der Waals surface area (Å²) in [5.74, 6) is 0.657. The number of hydrogen-bond acceptors (Lipinski definition) is 4. The SMILES string of the molecule is COc1ccc(/C(C)=C/C(=O)Nc2ccccc2N2CCOCC2)cc1. The van der Waals surface area contributed by atoms with Crippen molar-refractivity contribution in [3.8, 4) is 5.75 Å². The fraction of sp³-hybridized carbons (Fsp3) is 0.286.